The predicted molar refractivity (Wildman–Crippen MR) is 81.3 cm³/mol. The van der Waals surface area contributed by atoms with Gasteiger partial charge in [0.15, 0.2) is 0 Å². The monoisotopic (exact) mass is 288 g/mol. The zero-order chi connectivity index (χ0) is 13.8. The van der Waals surface area contributed by atoms with Gasteiger partial charge in [-0.1, -0.05) is 29.8 Å². The van der Waals surface area contributed by atoms with E-state index in [2.05, 4.69) is 27.6 Å². The minimum atomic E-state index is 0.670. The molecule has 104 valence electrons. The molecule has 4 nitrogen and oxygen atoms in total. The number of anilines is 1. The zero-order valence-corrected chi connectivity index (χ0v) is 11.9. The topological polar surface area (TPSA) is 42.7 Å². The first-order chi connectivity index (χ1) is 9.84. The predicted octanol–water partition coefficient (Wildman–Crippen LogP) is 3.69. The van der Waals surface area contributed by atoms with Crippen molar-refractivity contribution in [1.82, 2.24) is 14.8 Å². The quantitative estimate of drug-likeness (QED) is 0.873. The maximum atomic E-state index is 6.30. The van der Waals surface area contributed by atoms with Gasteiger partial charge in [-0.2, -0.15) is 5.10 Å². The van der Waals surface area contributed by atoms with Crippen molar-refractivity contribution in [3.8, 4) is 5.69 Å². The van der Waals surface area contributed by atoms with Gasteiger partial charge in [0.2, 0.25) is 0 Å². The normalized spacial score (nSPS) is 18.1. The third-order valence-corrected chi connectivity index (χ3v) is 3.90. The lowest BCUT2D eigenvalue weighted by Crippen LogP contribution is -2.16. The van der Waals surface area contributed by atoms with Gasteiger partial charge in [-0.15, -0.1) is 0 Å². The first-order valence-corrected chi connectivity index (χ1v) is 7.25. The fraction of sp³-hybridized carbons (Fsp3) is 0.333. The lowest BCUT2D eigenvalue weighted by Gasteiger charge is -2.20. The second-order valence-corrected chi connectivity index (χ2v) is 5.41. The number of hydrogen-bond donors (Lipinski definition) is 1. The van der Waals surface area contributed by atoms with Crippen LogP contribution in [-0.4, -0.2) is 21.3 Å². The Balaban J connectivity index is 1.79. The number of para-hydroxylation sites is 1. The highest BCUT2D eigenvalue weighted by Gasteiger charge is 2.13. The summed E-state index contributed by atoms with van der Waals surface area (Å²) in [6.45, 7) is 0.951. The van der Waals surface area contributed by atoms with E-state index in [-0.39, 0.29) is 0 Å². The van der Waals surface area contributed by atoms with E-state index in [1.165, 1.54) is 19.2 Å². The number of halogens is 1. The van der Waals surface area contributed by atoms with Crippen LogP contribution in [0.3, 0.4) is 0 Å². The molecule has 20 heavy (non-hydrogen) atoms. The molecule has 0 saturated carbocycles. The van der Waals surface area contributed by atoms with Crippen LogP contribution >= 0.6 is 11.6 Å². The Morgan fingerprint density at radius 1 is 1.35 bits per heavy atom. The Hall–Kier alpha value is -1.81. The van der Waals surface area contributed by atoms with E-state index < -0.39 is 0 Å². The molecule has 0 bridgehead atoms. The average molecular weight is 289 g/mol. The Morgan fingerprint density at radius 2 is 2.30 bits per heavy atom. The van der Waals surface area contributed by atoms with Crippen molar-refractivity contribution in [2.45, 2.75) is 19.3 Å². The van der Waals surface area contributed by atoms with Crippen LogP contribution in [0.5, 0.6) is 0 Å². The van der Waals surface area contributed by atoms with E-state index in [9.17, 15) is 0 Å². The third-order valence-electron chi connectivity index (χ3n) is 3.59. The molecule has 3 rings (SSSR count). The summed E-state index contributed by atoms with van der Waals surface area (Å²) in [4.78, 5) is 3.99. The van der Waals surface area contributed by atoms with Gasteiger partial charge in [0, 0.05) is 6.54 Å². The van der Waals surface area contributed by atoms with Crippen molar-refractivity contribution in [2.24, 2.45) is 5.92 Å². The van der Waals surface area contributed by atoms with Crippen molar-refractivity contribution in [3.05, 3.63) is 48.0 Å². The molecule has 0 fully saturated rings. The maximum absolute atomic E-state index is 6.30. The standard InChI is InChI=1S/C15H17ClN4/c16-13-7-4-8-14(15(13)20-11-17-10-19-20)18-9-12-5-2-1-3-6-12/h1-2,4,7-8,10-12,18H,3,5-6,9H2. The van der Waals surface area contributed by atoms with Gasteiger partial charge in [-0.25, -0.2) is 9.67 Å². The summed E-state index contributed by atoms with van der Waals surface area (Å²) >= 11 is 6.30. The number of aromatic nitrogens is 3. The summed E-state index contributed by atoms with van der Waals surface area (Å²) < 4.78 is 1.70. The second kappa shape index (κ2) is 6.09. The third kappa shape index (κ3) is 2.85. The van der Waals surface area contributed by atoms with Gasteiger partial charge in [0.05, 0.1) is 10.7 Å². The van der Waals surface area contributed by atoms with Crippen molar-refractivity contribution < 1.29 is 0 Å². The molecular weight excluding hydrogens is 272 g/mol. The van der Waals surface area contributed by atoms with Crippen molar-refractivity contribution >= 4 is 17.3 Å². The Morgan fingerprint density at radius 3 is 3.05 bits per heavy atom. The highest BCUT2D eigenvalue weighted by atomic mass is 35.5. The molecule has 1 aliphatic rings. The first-order valence-electron chi connectivity index (χ1n) is 6.87. The maximum Gasteiger partial charge on any atom is 0.138 e. The zero-order valence-electron chi connectivity index (χ0n) is 11.2. The van der Waals surface area contributed by atoms with E-state index in [1.807, 2.05) is 18.2 Å². The molecule has 1 aromatic heterocycles. The number of allylic oxidation sites excluding steroid dienone is 2. The average Bonchev–Trinajstić information content (AvgIpc) is 3.00. The molecule has 5 heteroatoms. The molecular formula is C15H17ClN4. The van der Waals surface area contributed by atoms with Crippen LogP contribution in [0.15, 0.2) is 43.0 Å². The Labute approximate surface area is 123 Å². The summed E-state index contributed by atoms with van der Waals surface area (Å²) in [6.07, 6.45) is 11.3. The molecule has 0 aliphatic heterocycles. The molecule has 1 aromatic carbocycles. The summed E-state index contributed by atoms with van der Waals surface area (Å²) in [5.74, 6) is 0.683. The van der Waals surface area contributed by atoms with Crippen molar-refractivity contribution in [3.63, 3.8) is 0 Å². The number of hydrogen-bond acceptors (Lipinski definition) is 3. The van der Waals surface area contributed by atoms with Crippen molar-refractivity contribution in [2.75, 3.05) is 11.9 Å². The lowest BCUT2D eigenvalue weighted by molar-refractivity contribution is 0.504. The van der Waals surface area contributed by atoms with Crippen LogP contribution in [0, 0.1) is 5.92 Å². The highest BCUT2D eigenvalue weighted by Crippen LogP contribution is 2.28. The lowest BCUT2D eigenvalue weighted by atomic mass is 9.94. The van der Waals surface area contributed by atoms with E-state index in [0.29, 0.717) is 10.9 Å². The van der Waals surface area contributed by atoms with Gasteiger partial charge in [-0.3, -0.25) is 0 Å². The molecule has 0 spiro atoms. The Bertz CT molecular complexity index is 592. The number of nitrogens with zero attached hydrogens (tertiary/aromatic N) is 3. The molecule has 1 atom stereocenters. The summed E-state index contributed by atoms with van der Waals surface area (Å²) in [6, 6.07) is 5.85. The van der Waals surface area contributed by atoms with Gasteiger partial charge in [-0.05, 0) is 37.3 Å². The summed E-state index contributed by atoms with van der Waals surface area (Å²) in [5.41, 5.74) is 1.86. The summed E-state index contributed by atoms with van der Waals surface area (Å²) in [7, 11) is 0. The van der Waals surface area contributed by atoms with Crippen LogP contribution < -0.4 is 5.32 Å². The van der Waals surface area contributed by atoms with E-state index in [4.69, 9.17) is 11.6 Å². The molecule has 1 unspecified atom stereocenters. The number of benzene rings is 1. The van der Waals surface area contributed by atoms with Gasteiger partial charge < -0.3 is 5.32 Å². The number of nitrogens with one attached hydrogen (secondary N) is 1. The highest BCUT2D eigenvalue weighted by molar-refractivity contribution is 6.33. The molecule has 1 heterocycles. The fourth-order valence-electron chi connectivity index (χ4n) is 2.51. The van der Waals surface area contributed by atoms with Crippen LogP contribution in [-0.2, 0) is 0 Å². The molecule has 0 saturated heterocycles. The van der Waals surface area contributed by atoms with Crippen LogP contribution in [0.4, 0.5) is 5.69 Å². The Kier molecular flexibility index (Phi) is 4.02. The first kappa shape index (κ1) is 13.2. The van der Waals surface area contributed by atoms with Gasteiger partial charge in [0.25, 0.3) is 0 Å². The molecule has 1 aliphatic carbocycles. The minimum Gasteiger partial charge on any atom is -0.383 e. The van der Waals surface area contributed by atoms with Crippen LogP contribution in [0.2, 0.25) is 5.02 Å². The molecule has 1 N–H and O–H groups in total. The smallest absolute Gasteiger partial charge is 0.138 e. The fourth-order valence-corrected chi connectivity index (χ4v) is 2.77. The van der Waals surface area contributed by atoms with Crippen LogP contribution in [0.25, 0.3) is 5.69 Å². The molecule has 2 aromatic rings. The number of rotatable bonds is 4. The van der Waals surface area contributed by atoms with Gasteiger partial charge >= 0.3 is 0 Å². The second-order valence-electron chi connectivity index (χ2n) is 5.01. The summed E-state index contributed by atoms with van der Waals surface area (Å²) in [5, 5.41) is 8.35. The SMILES string of the molecule is Clc1cccc(NCC2CC=CCC2)c1-n1cncn1. The van der Waals surface area contributed by atoms with E-state index >= 15 is 0 Å². The molecule has 0 amide bonds. The largest absolute Gasteiger partial charge is 0.383 e. The van der Waals surface area contributed by atoms with Crippen molar-refractivity contribution in [1.29, 1.82) is 0 Å². The minimum absolute atomic E-state index is 0.670. The van der Waals surface area contributed by atoms with Gasteiger partial charge in [0.1, 0.15) is 18.3 Å². The van der Waals surface area contributed by atoms with E-state index in [1.54, 1.807) is 11.0 Å². The van der Waals surface area contributed by atoms with Crippen LogP contribution in [0.1, 0.15) is 19.3 Å². The van der Waals surface area contributed by atoms with E-state index in [0.717, 1.165) is 24.3 Å². The molecule has 0 radical (unpaired) electrons.